The Balaban J connectivity index is 2.28. The highest BCUT2D eigenvalue weighted by Crippen LogP contribution is 2.12. The summed E-state index contributed by atoms with van der Waals surface area (Å²) in [5.74, 6) is -1.11. The quantitative estimate of drug-likeness (QED) is 0.678. The van der Waals surface area contributed by atoms with Gasteiger partial charge < -0.3 is 15.2 Å². The fourth-order valence-electron chi connectivity index (χ4n) is 1.43. The molecule has 1 aliphatic heterocycles. The van der Waals surface area contributed by atoms with Crippen LogP contribution in [0, 0.1) is 0 Å². The lowest BCUT2D eigenvalue weighted by Crippen LogP contribution is -2.40. The molecule has 80 valence electrons. The molecule has 0 aromatic rings. The highest BCUT2D eigenvalue weighted by atomic mass is 16.5. The minimum Gasteiger partial charge on any atom is -0.481 e. The Labute approximate surface area is 82.4 Å². The normalized spacial score (nSPS) is 23.1. The number of carbonyl (C=O) groups is 2. The molecule has 1 unspecified atom stereocenters. The van der Waals surface area contributed by atoms with E-state index in [9.17, 15) is 9.59 Å². The summed E-state index contributed by atoms with van der Waals surface area (Å²) in [7, 11) is 0. The molecular weight excluding hydrogens is 186 g/mol. The van der Waals surface area contributed by atoms with Gasteiger partial charge in [-0.05, 0) is 19.8 Å². The standard InChI is InChI=1S/C9H15NO4/c1-6(5-8(11)12)10-9(13)7-3-2-4-14-7/h6-7H,2-5H2,1H3,(H,10,13)(H,11,12)/t6?,7-/m0/s1. The average molecular weight is 201 g/mol. The molecule has 5 heteroatoms. The maximum Gasteiger partial charge on any atom is 0.305 e. The molecular formula is C9H15NO4. The van der Waals surface area contributed by atoms with E-state index >= 15 is 0 Å². The summed E-state index contributed by atoms with van der Waals surface area (Å²) in [5, 5.41) is 11.1. The molecule has 1 amide bonds. The van der Waals surface area contributed by atoms with Crippen molar-refractivity contribution in [3.8, 4) is 0 Å². The first-order valence-corrected chi connectivity index (χ1v) is 4.73. The van der Waals surface area contributed by atoms with Gasteiger partial charge >= 0.3 is 5.97 Å². The summed E-state index contributed by atoms with van der Waals surface area (Å²) in [6.45, 7) is 2.28. The molecule has 1 rings (SSSR count). The number of amides is 1. The molecule has 0 saturated carbocycles. The number of hydrogen-bond acceptors (Lipinski definition) is 3. The van der Waals surface area contributed by atoms with Gasteiger partial charge in [-0.3, -0.25) is 9.59 Å². The Bertz CT molecular complexity index is 223. The van der Waals surface area contributed by atoms with Crippen LogP contribution in [0.25, 0.3) is 0 Å². The number of carbonyl (C=O) groups excluding carboxylic acids is 1. The van der Waals surface area contributed by atoms with Crippen LogP contribution in [0.15, 0.2) is 0 Å². The zero-order valence-electron chi connectivity index (χ0n) is 8.16. The summed E-state index contributed by atoms with van der Waals surface area (Å²) in [6.07, 6.45) is 1.18. The van der Waals surface area contributed by atoms with E-state index in [2.05, 4.69) is 5.32 Å². The molecule has 0 spiro atoms. The third-order valence-corrected chi connectivity index (χ3v) is 2.09. The van der Waals surface area contributed by atoms with Gasteiger partial charge in [0.25, 0.3) is 0 Å². The van der Waals surface area contributed by atoms with Crippen LogP contribution in [0.4, 0.5) is 0 Å². The number of carboxylic acid groups (broad SMARTS) is 1. The second-order valence-corrected chi connectivity index (χ2v) is 3.51. The fourth-order valence-corrected chi connectivity index (χ4v) is 1.43. The molecule has 1 saturated heterocycles. The summed E-state index contributed by atoms with van der Waals surface area (Å²) in [6, 6.07) is -0.343. The zero-order valence-corrected chi connectivity index (χ0v) is 8.16. The van der Waals surface area contributed by atoms with E-state index in [1.54, 1.807) is 6.92 Å². The third-order valence-electron chi connectivity index (χ3n) is 2.09. The van der Waals surface area contributed by atoms with E-state index in [0.29, 0.717) is 6.61 Å². The van der Waals surface area contributed by atoms with E-state index in [4.69, 9.17) is 9.84 Å². The Morgan fingerprint density at radius 2 is 2.36 bits per heavy atom. The first-order valence-electron chi connectivity index (χ1n) is 4.73. The molecule has 1 heterocycles. The van der Waals surface area contributed by atoms with Crippen molar-refractivity contribution in [2.75, 3.05) is 6.61 Å². The molecule has 5 nitrogen and oxygen atoms in total. The number of nitrogens with one attached hydrogen (secondary N) is 1. The Kier molecular flexibility index (Phi) is 3.88. The Hall–Kier alpha value is -1.10. The van der Waals surface area contributed by atoms with Crippen molar-refractivity contribution in [2.24, 2.45) is 0 Å². The number of rotatable bonds is 4. The van der Waals surface area contributed by atoms with Crippen molar-refractivity contribution in [2.45, 2.75) is 38.3 Å². The van der Waals surface area contributed by atoms with Crippen LogP contribution in [0.5, 0.6) is 0 Å². The largest absolute Gasteiger partial charge is 0.481 e. The highest BCUT2D eigenvalue weighted by molar-refractivity contribution is 5.81. The SMILES string of the molecule is CC(CC(=O)O)NC(=O)[C@@H]1CCCO1. The molecule has 0 bridgehead atoms. The predicted molar refractivity (Wildman–Crippen MR) is 48.8 cm³/mol. The third kappa shape index (κ3) is 3.33. The van der Waals surface area contributed by atoms with Gasteiger partial charge in [-0.2, -0.15) is 0 Å². The first-order chi connectivity index (χ1) is 6.59. The Morgan fingerprint density at radius 3 is 2.86 bits per heavy atom. The predicted octanol–water partition coefficient (Wildman–Crippen LogP) is 0.145. The average Bonchev–Trinajstić information content (AvgIpc) is 2.53. The summed E-state index contributed by atoms with van der Waals surface area (Å²) in [5.41, 5.74) is 0. The highest BCUT2D eigenvalue weighted by Gasteiger charge is 2.24. The summed E-state index contributed by atoms with van der Waals surface area (Å²) < 4.78 is 5.16. The van der Waals surface area contributed by atoms with Gasteiger partial charge in [-0.1, -0.05) is 0 Å². The fraction of sp³-hybridized carbons (Fsp3) is 0.778. The van der Waals surface area contributed by atoms with Crippen molar-refractivity contribution < 1.29 is 19.4 Å². The molecule has 1 fully saturated rings. The van der Waals surface area contributed by atoms with Gasteiger partial charge in [-0.15, -0.1) is 0 Å². The monoisotopic (exact) mass is 201 g/mol. The number of hydrogen-bond donors (Lipinski definition) is 2. The zero-order chi connectivity index (χ0) is 10.6. The van der Waals surface area contributed by atoms with Gasteiger partial charge in [0.15, 0.2) is 0 Å². The second-order valence-electron chi connectivity index (χ2n) is 3.51. The topological polar surface area (TPSA) is 75.6 Å². The van der Waals surface area contributed by atoms with Crippen molar-refractivity contribution in [3.05, 3.63) is 0 Å². The van der Waals surface area contributed by atoms with Crippen LogP contribution in [0.2, 0.25) is 0 Å². The second kappa shape index (κ2) is 4.95. The molecule has 0 aliphatic carbocycles. The van der Waals surface area contributed by atoms with E-state index in [0.717, 1.165) is 12.8 Å². The van der Waals surface area contributed by atoms with Gasteiger partial charge in [0, 0.05) is 12.6 Å². The molecule has 0 radical (unpaired) electrons. The lowest BCUT2D eigenvalue weighted by atomic mass is 10.2. The molecule has 14 heavy (non-hydrogen) atoms. The maximum absolute atomic E-state index is 11.4. The van der Waals surface area contributed by atoms with Crippen LogP contribution in [-0.4, -0.2) is 35.7 Å². The number of ether oxygens (including phenoxy) is 1. The Morgan fingerprint density at radius 1 is 1.64 bits per heavy atom. The smallest absolute Gasteiger partial charge is 0.305 e. The van der Waals surface area contributed by atoms with Gasteiger partial charge in [-0.25, -0.2) is 0 Å². The van der Waals surface area contributed by atoms with Crippen molar-refractivity contribution in [3.63, 3.8) is 0 Å². The van der Waals surface area contributed by atoms with Gasteiger partial charge in [0.2, 0.25) is 5.91 Å². The van der Waals surface area contributed by atoms with E-state index in [1.807, 2.05) is 0 Å². The molecule has 1 aliphatic rings. The van der Waals surface area contributed by atoms with E-state index in [-0.39, 0.29) is 24.5 Å². The van der Waals surface area contributed by atoms with Crippen molar-refractivity contribution in [1.82, 2.24) is 5.32 Å². The van der Waals surface area contributed by atoms with Gasteiger partial charge in [0.05, 0.1) is 6.42 Å². The van der Waals surface area contributed by atoms with Crippen LogP contribution in [0.3, 0.4) is 0 Å². The minimum absolute atomic E-state index is 0.0571. The minimum atomic E-state index is -0.912. The van der Waals surface area contributed by atoms with Crippen LogP contribution >= 0.6 is 0 Å². The first kappa shape index (κ1) is 11.0. The molecule has 0 aromatic carbocycles. The van der Waals surface area contributed by atoms with Crippen LogP contribution < -0.4 is 5.32 Å². The number of carboxylic acids is 1. The number of aliphatic carboxylic acids is 1. The summed E-state index contributed by atoms with van der Waals surface area (Å²) >= 11 is 0. The lowest BCUT2D eigenvalue weighted by molar-refractivity contribution is -0.138. The molecule has 2 N–H and O–H groups in total. The molecule has 2 atom stereocenters. The lowest BCUT2D eigenvalue weighted by Gasteiger charge is -2.14. The summed E-state index contributed by atoms with van der Waals surface area (Å²) in [4.78, 5) is 21.7. The van der Waals surface area contributed by atoms with E-state index in [1.165, 1.54) is 0 Å². The van der Waals surface area contributed by atoms with Crippen LogP contribution in [0.1, 0.15) is 26.2 Å². The molecule has 0 aromatic heterocycles. The van der Waals surface area contributed by atoms with Crippen molar-refractivity contribution in [1.29, 1.82) is 0 Å². The van der Waals surface area contributed by atoms with E-state index < -0.39 is 5.97 Å². The van der Waals surface area contributed by atoms with Crippen LogP contribution in [-0.2, 0) is 14.3 Å². The van der Waals surface area contributed by atoms with Gasteiger partial charge in [0.1, 0.15) is 6.10 Å². The van der Waals surface area contributed by atoms with Crippen molar-refractivity contribution >= 4 is 11.9 Å². The maximum atomic E-state index is 11.4.